The normalized spacial score (nSPS) is 16.1. The average molecular weight is 246 g/mol. The Kier molecular flexibility index (Phi) is 3.53. The highest BCUT2D eigenvalue weighted by molar-refractivity contribution is 7.03. The predicted molar refractivity (Wildman–Crippen MR) is 59.3 cm³/mol. The molecule has 1 fully saturated rings. The Balaban J connectivity index is 2.06. The molecule has 0 unspecified atom stereocenters. The first-order valence-corrected chi connectivity index (χ1v) is 6.34. The van der Waals surface area contributed by atoms with E-state index in [1.807, 2.05) is 4.90 Å². The summed E-state index contributed by atoms with van der Waals surface area (Å²) in [6, 6.07) is 0.359. The van der Waals surface area contributed by atoms with Crippen molar-refractivity contribution in [1.82, 2.24) is 14.5 Å². The van der Waals surface area contributed by atoms with E-state index in [1.165, 1.54) is 18.0 Å². The largest absolute Gasteiger partial charge is 0.333 e. The van der Waals surface area contributed by atoms with E-state index in [0.29, 0.717) is 24.2 Å². The van der Waals surface area contributed by atoms with Crippen LogP contribution in [0, 0.1) is 0 Å². The third kappa shape index (κ3) is 2.29. The third-order valence-corrected chi connectivity index (χ3v) is 3.35. The molecule has 0 atom stereocenters. The number of alkyl halides is 1. The van der Waals surface area contributed by atoms with Gasteiger partial charge in [-0.15, -0.1) is 16.7 Å². The maximum atomic E-state index is 12.0. The molecule has 1 aromatic heterocycles. The lowest BCUT2D eigenvalue weighted by Gasteiger charge is -2.36. The van der Waals surface area contributed by atoms with Gasteiger partial charge < -0.3 is 4.90 Å². The zero-order valence-corrected chi connectivity index (χ0v) is 9.80. The van der Waals surface area contributed by atoms with Crippen LogP contribution in [0.25, 0.3) is 0 Å². The molecule has 15 heavy (non-hydrogen) atoms. The number of amides is 1. The number of nitrogens with zero attached hydrogens (tertiary/aromatic N) is 3. The average Bonchev–Trinajstić information content (AvgIpc) is 2.66. The van der Waals surface area contributed by atoms with Crippen molar-refractivity contribution in [3.63, 3.8) is 0 Å². The molecule has 0 saturated heterocycles. The van der Waals surface area contributed by atoms with E-state index in [0.717, 1.165) is 12.8 Å². The lowest BCUT2D eigenvalue weighted by Crippen LogP contribution is -2.45. The van der Waals surface area contributed by atoms with Crippen LogP contribution in [-0.4, -0.2) is 38.9 Å². The molecule has 0 aliphatic heterocycles. The Hall–Kier alpha value is -0.680. The van der Waals surface area contributed by atoms with Gasteiger partial charge in [0, 0.05) is 23.8 Å². The summed E-state index contributed by atoms with van der Waals surface area (Å²) in [5.41, 5.74) is 0.442. The number of aromatic nitrogens is 2. The van der Waals surface area contributed by atoms with Crippen LogP contribution >= 0.6 is 23.1 Å². The summed E-state index contributed by atoms with van der Waals surface area (Å²) in [7, 11) is 0. The highest BCUT2D eigenvalue weighted by Gasteiger charge is 2.29. The number of carbonyl (C=O) groups excluding carboxylic acids is 1. The highest BCUT2D eigenvalue weighted by Crippen LogP contribution is 2.25. The second-order valence-corrected chi connectivity index (χ2v) is 4.55. The van der Waals surface area contributed by atoms with Crippen LogP contribution in [0.15, 0.2) is 5.38 Å². The van der Waals surface area contributed by atoms with E-state index in [1.54, 1.807) is 5.38 Å². The summed E-state index contributed by atoms with van der Waals surface area (Å²) in [6.45, 7) is 0.600. The zero-order valence-electron chi connectivity index (χ0n) is 8.23. The fourth-order valence-electron chi connectivity index (χ4n) is 1.64. The van der Waals surface area contributed by atoms with Crippen LogP contribution in [0.5, 0.6) is 0 Å². The van der Waals surface area contributed by atoms with Crippen molar-refractivity contribution < 1.29 is 4.79 Å². The van der Waals surface area contributed by atoms with Crippen LogP contribution in [0.2, 0.25) is 0 Å². The van der Waals surface area contributed by atoms with E-state index >= 15 is 0 Å². The van der Waals surface area contributed by atoms with Gasteiger partial charge in [-0.2, -0.15) is 0 Å². The molecular formula is C9H12ClN3OS. The number of carbonyl (C=O) groups is 1. The molecule has 1 aliphatic carbocycles. The first-order chi connectivity index (χ1) is 7.33. The van der Waals surface area contributed by atoms with Gasteiger partial charge in [0.05, 0.1) is 0 Å². The van der Waals surface area contributed by atoms with Gasteiger partial charge in [-0.05, 0) is 30.8 Å². The third-order valence-electron chi connectivity index (χ3n) is 2.68. The number of halogens is 1. The molecule has 0 radical (unpaired) electrons. The SMILES string of the molecule is O=C(c1csnn1)N(CCCl)C1CCC1. The minimum atomic E-state index is -0.0332. The number of hydrogen-bond donors (Lipinski definition) is 0. The first kappa shape index (κ1) is 10.8. The molecule has 1 aromatic rings. The number of hydrogen-bond acceptors (Lipinski definition) is 4. The first-order valence-electron chi connectivity index (χ1n) is 4.97. The lowest BCUT2D eigenvalue weighted by atomic mass is 9.91. The maximum absolute atomic E-state index is 12.0. The Morgan fingerprint density at radius 3 is 2.93 bits per heavy atom. The van der Waals surface area contributed by atoms with Crippen LogP contribution in [-0.2, 0) is 0 Å². The van der Waals surface area contributed by atoms with Gasteiger partial charge in [0.25, 0.3) is 5.91 Å². The van der Waals surface area contributed by atoms with Crippen molar-refractivity contribution in [3.05, 3.63) is 11.1 Å². The van der Waals surface area contributed by atoms with Crippen molar-refractivity contribution in [1.29, 1.82) is 0 Å². The molecule has 1 aliphatic rings. The van der Waals surface area contributed by atoms with Crippen molar-refractivity contribution in [3.8, 4) is 0 Å². The van der Waals surface area contributed by atoms with Gasteiger partial charge in [-0.3, -0.25) is 4.79 Å². The van der Waals surface area contributed by atoms with E-state index in [9.17, 15) is 4.79 Å². The molecule has 4 nitrogen and oxygen atoms in total. The highest BCUT2D eigenvalue weighted by atomic mass is 35.5. The summed E-state index contributed by atoms with van der Waals surface area (Å²) in [5, 5.41) is 5.48. The Labute approximate surface area is 97.4 Å². The van der Waals surface area contributed by atoms with E-state index in [-0.39, 0.29) is 5.91 Å². The van der Waals surface area contributed by atoms with Gasteiger partial charge in [0.2, 0.25) is 0 Å². The monoisotopic (exact) mass is 245 g/mol. The van der Waals surface area contributed by atoms with E-state index in [2.05, 4.69) is 9.59 Å². The van der Waals surface area contributed by atoms with E-state index < -0.39 is 0 Å². The van der Waals surface area contributed by atoms with Crippen LogP contribution in [0.3, 0.4) is 0 Å². The number of rotatable bonds is 4. The van der Waals surface area contributed by atoms with Crippen molar-refractivity contribution in [2.75, 3.05) is 12.4 Å². The molecule has 6 heteroatoms. The fraction of sp³-hybridized carbons (Fsp3) is 0.667. The fourth-order valence-corrected chi connectivity index (χ4v) is 2.26. The predicted octanol–water partition coefficient (Wildman–Crippen LogP) is 1.77. The molecule has 1 heterocycles. The maximum Gasteiger partial charge on any atom is 0.275 e. The standard InChI is InChI=1S/C9H12ClN3OS/c10-4-5-13(7-2-1-3-7)9(14)8-6-15-12-11-8/h6-7H,1-5H2. The van der Waals surface area contributed by atoms with Gasteiger partial charge in [0.15, 0.2) is 5.69 Å². The van der Waals surface area contributed by atoms with Gasteiger partial charge in [0.1, 0.15) is 0 Å². The smallest absolute Gasteiger partial charge is 0.275 e. The molecule has 1 amide bonds. The Morgan fingerprint density at radius 1 is 1.67 bits per heavy atom. The van der Waals surface area contributed by atoms with Crippen LogP contribution in [0.4, 0.5) is 0 Å². The second-order valence-electron chi connectivity index (χ2n) is 3.56. The summed E-state index contributed by atoms with van der Waals surface area (Å²) in [4.78, 5) is 13.8. The molecule has 82 valence electrons. The van der Waals surface area contributed by atoms with Crippen molar-refractivity contribution in [2.24, 2.45) is 0 Å². The Morgan fingerprint density at radius 2 is 2.47 bits per heavy atom. The minimum absolute atomic E-state index is 0.0332. The topological polar surface area (TPSA) is 46.1 Å². The van der Waals surface area contributed by atoms with Crippen LogP contribution in [0.1, 0.15) is 29.8 Å². The quantitative estimate of drug-likeness (QED) is 0.760. The molecular weight excluding hydrogens is 234 g/mol. The summed E-state index contributed by atoms with van der Waals surface area (Å²) in [6.07, 6.45) is 3.37. The van der Waals surface area contributed by atoms with Gasteiger partial charge >= 0.3 is 0 Å². The molecule has 0 bridgehead atoms. The minimum Gasteiger partial charge on any atom is -0.333 e. The lowest BCUT2D eigenvalue weighted by molar-refractivity contribution is 0.0592. The van der Waals surface area contributed by atoms with Crippen molar-refractivity contribution in [2.45, 2.75) is 25.3 Å². The van der Waals surface area contributed by atoms with Crippen LogP contribution < -0.4 is 0 Å². The molecule has 0 N–H and O–H groups in total. The van der Waals surface area contributed by atoms with Gasteiger partial charge in [-0.1, -0.05) is 4.49 Å². The summed E-state index contributed by atoms with van der Waals surface area (Å²) >= 11 is 6.90. The molecule has 0 aromatic carbocycles. The Bertz CT molecular complexity index is 326. The molecule has 1 saturated carbocycles. The summed E-state index contributed by atoms with van der Waals surface area (Å²) in [5.74, 6) is 0.439. The molecule has 0 spiro atoms. The van der Waals surface area contributed by atoms with Crippen molar-refractivity contribution >= 4 is 29.0 Å². The second kappa shape index (κ2) is 4.90. The zero-order chi connectivity index (χ0) is 10.7. The van der Waals surface area contributed by atoms with Gasteiger partial charge in [-0.25, -0.2) is 0 Å². The molecule has 2 rings (SSSR count). The van der Waals surface area contributed by atoms with E-state index in [4.69, 9.17) is 11.6 Å². The summed E-state index contributed by atoms with van der Waals surface area (Å²) < 4.78 is 3.70.